The number of para-hydroxylation sites is 1. The van der Waals surface area contributed by atoms with Gasteiger partial charge in [-0.1, -0.05) is 30.3 Å². The summed E-state index contributed by atoms with van der Waals surface area (Å²) in [6, 6.07) is 22.6. The monoisotopic (exact) mass is 427 g/mol. The molecule has 1 aliphatic rings. The molecule has 6 heteroatoms. The Labute approximate surface area is 187 Å². The Morgan fingerprint density at radius 3 is 2.91 bits per heavy atom. The molecule has 0 amide bonds. The molecule has 0 unspecified atom stereocenters. The van der Waals surface area contributed by atoms with E-state index in [1.807, 2.05) is 48.5 Å². The average molecular weight is 428 g/mol. The maximum absolute atomic E-state index is 5.99. The second-order valence-corrected chi connectivity index (χ2v) is 7.68. The lowest BCUT2D eigenvalue weighted by Gasteiger charge is -2.18. The Kier molecular flexibility index (Phi) is 5.66. The van der Waals surface area contributed by atoms with Gasteiger partial charge >= 0.3 is 0 Å². The van der Waals surface area contributed by atoms with Gasteiger partial charge in [0.05, 0.1) is 19.9 Å². The van der Waals surface area contributed by atoms with Crippen molar-refractivity contribution >= 4 is 17.4 Å². The molecule has 1 aromatic heterocycles. The lowest BCUT2D eigenvalue weighted by molar-refractivity contribution is 0.288. The highest BCUT2D eigenvalue weighted by Gasteiger charge is 2.13. The third-order valence-electron chi connectivity index (χ3n) is 5.48. The first-order valence-electron chi connectivity index (χ1n) is 10.7. The molecule has 3 aromatic carbocycles. The van der Waals surface area contributed by atoms with Crippen LogP contribution in [-0.4, -0.2) is 18.7 Å². The first-order valence-corrected chi connectivity index (χ1v) is 10.7. The summed E-state index contributed by atoms with van der Waals surface area (Å²) in [4.78, 5) is 4.39. The van der Waals surface area contributed by atoms with Gasteiger partial charge < -0.3 is 24.5 Å². The van der Waals surface area contributed by atoms with Crippen LogP contribution in [0.3, 0.4) is 0 Å². The van der Waals surface area contributed by atoms with Crippen molar-refractivity contribution in [2.24, 2.45) is 0 Å². The van der Waals surface area contributed by atoms with Crippen LogP contribution in [0.2, 0.25) is 0 Å². The van der Waals surface area contributed by atoms with Crippen LogP contribution in [0, 0.1) is 0 Å². The van der Waals surface area contributed by atoms with Gasteiger partial charge in [-0.15, -0.1) is 0 Å². The van der Waals surface area contributed by atoms with Gasteiger partial charge in [0, 0.05) is 29.5 Å². The fourth-order valence-electron chi connectivity index (χ4n) is 3.82. The Balaban J connectivity index is 1.31. The molecule has 0 spiro atoms. The number of benzene rings is 3. The molecule has 0 radical (unpaired) electrons. The van der Waals surface area contributed by atoms with E-state index in [0.717, 1.165) is 47.9 Å². The molecule has 0 bridgehead atoms. The summed E-state index contributed by atoms with van der Waals surface area (Å²) in [5.74, 6) is 2.46. The maximum Gasteiger partial charge on any atom is 0.299 e. The molecule has 0 aliphatic carbocycles. The summed E-state index contributed by atoms with van der Waals surface area (Å²) in [7, 11) is 1.64. The summed E-state index contributed by atoms with van der Waals surface area (Å²) < 4.78 is 17.1. The summed E-state index contributed by atoms with van der Waals surface area (Å²) in [6.45, 7) is 1.49. The highest BCUT2D eigenvalue weighted by Crippen LogP contribution is 2.32. The van der Waals surface area contributed by atoms with Gasteiger partial charge in [-0.25, -0.2) is 4.98 Å². The van der Waals surface area contributed by atoms with Gasteiger partial charge in [0.25, 0.3) is 6.01 Å². The van der Waals surface area contributed by atoms with Crippen molar-refractivity contribution in [3.63, 3.8) is 0 Å². The van der Waals surface area contributed by atoms with Crippen LogP contribution < -0.4 is 20.1 Å². The molecular formula is C26H25N3O3. The number of nitrogens with zero attached hydrogens (tertiary/aromatic N) is 1. The van der Waals surface area contributed by atoms with Crippen molar-refractivity contribution in [3.05, 3.63) is 84.1 Å². The van der Waals surface area contributed by atoms with Crippen molar-refractivity contribution in [1.29, 1.82) is 0 Å². The van der Waals surface area contributed by atoms with Gasteiger partial charge in [0.2, 0.25) is 0 Å². The fourth-order valence-corrected chi connectivity index (χ4v) is 3.82. The number of hydrogen-bond donors (Lipinski definition) is 2. The summed E-state index contributed by atoms with van der Waals surface area (Å²) >= 11 is 0. The number of rotatable bonds is 7. The first-order chi connectivity index (χ1) is 15.8. The minimum Gasteiger partial charge on any atom is -0.497 e. The van der Waals surface area contributed by atoms with Crippen LogP contribution in [-0.2, 0) is 13.0 Å². The smallest absolute Gasteiger partial charge is 0.299 e. The van der Waals surface area contributed by atoms with Crippen LogP contribution in [0.1, 0.15) is 17.5 Å². The van der Waals surface area contributed by atoms with Crippen LogP contribution in [0.15, 0.2) is 77.3 Å². The zero-order valence-electron chi connectivity index (χ0n) is 17.9. The molecular weight excluding hydrogens is 402 g/mol. The number of nitrogens with one attached hydrogen (secondary N) is 2. The number of fused-ring (bicyclic) bond motifs is 1. The van der Waals surface area contributed by atoms with E-state index in [-0.39, 0.29) is 0 Å². The summed E-state index contributed by atoms with van der Waals surface area (Å²) in [5, 5.41) is 6.71. The van der Waals surface area contributed by atoms with E-state index in [1.165, 1.54) is 11.1 Å². The van der Waals surface area contributed by atoms with Gasteiger partial charge in [-0.2, -0.15) is 0 Å². The normalized spacial score (nSPS) is 12.5. The fraction of sp³-hybridized carbons (Fsp3) is 0.192. The van der Waals surface area contributed by atoms with Crippen molar-refractivity contribution < 1.29 is 13.9 Å². The number of oxazole rings is 1. The number of hydrogen-bond acceptors (Lipinski definition) is 6. The predicted molar refractivity (Wildman–Crippen MR) is 126 cm³/mol. The third-order valence-corrected chi connectivity index (χ3v) is 5.48. The standard InChI is InChI=1S/C26H25N3O3/c1-30-21-8-4-7-20(15-21)29-26-28-17-25(32-26)22-9-2-3-10-23(22)27-16-18-11-12-19-6-5-13-31-24(19)14-18/h2-4,7-12,14-15,17,27H,5-6,13,16H2,1H3,(H,28,29). The van der Waals surface area contributed by atoms with Crippen LogP contribution in [0.5, 0.6) is 11.5 Å². The first kappa shape index (κ1) is 20.0. The Morgan fingerprint density at radius 2 is 1.97 bits per heavy atom. The number of methoxy groups -OCH3 is 1. The minimum absolute atomic E-state index is 0.426. The number of anilines is 3. The van der Waals surface area contributed by atoms with E-state index < -0.39 is 0 Å². The zero-order valence-corrected chi connectivity index (χ0v) is 17.9. The molecule has 32 heavy (non-hydrogen) atoms. The van der Waals surface area contributed by atoms with Crippen molar-refractivity contribution in [2.45, 2.75) is 19.4 Å². The molecule has 1 aliphatic heterocycles. The van der Waals surface area contributed by atoms with Gasteiger partial charge in [-0.3, -0.25) is 0 Å². The molecule has 2 heterocycles. The molecule has 162 valence electrons. The maximum atomic E-state index is 5.99. The van der Waals surface area contributed by atoms with Crippen molar-refractivity contribution in [1.82, 2.24) is 4.98 Å². The number of aromatic nitrogens is 1. The summed E-state index contributed by atoms with van der Waals surface area (Å²) in [6.07, 6.45) is 3.91. The lowest BCUT2D eigenvalue weighted by Crippen LogP contribution is -2.09. The van der Waals surface area contributed by atoms with Crippen LogP contribution in [0.4, 0.5) is 17.4 Å². The lowest BCUT2D eigenvalue weighted by atomic mass is 10.0. The quantitative estimate of drug-likeness (QED) is 0.375. The number of aryl methyl sites for hydroxylation is 1. The van der Waals surface area contributed by atoms with E-state index in [4.69, 9.17) is 13.9 Å². The van der Waals surface area contributed by atoms with E-state index >= 15 is 0 Å². The van der Waals surface area contributed by atoms with Crippen molar-refractivity contribution in [2.75, 3.05) is 24.4 Å². The topological polar surface area (TPSA) is 68.5 Å². The van der Waals surface area contributed by atoms with E-state index in [9.17, 15) is 0 Å². The molecule has 6 nitrogen and oxygen atoms in total. The van der Waals surface area contributed by atoms with Crippen LogP contribution >= 0.6 is 0 Å². The molecule has 0 saturated heterocycles. The van der Waals surface area contributed by atoms with E-state index in [1.54, 1.807) is 13.3 Å². The van der Waals surface area contributed by atoms with Crippen molar-refractivity contribution in [3.8, 4) is 22.8 Å². The Morgan fingerprint density at radius 1 is 1.03 bits per heavy atom. The second-order valence-electron chi connectivity index (χ2n) is 7.68. The SMILES string of the molecule is COc1cccc(Nc2ncc(-c3ccccc3NCc3ccc4c(c3)OCCC4)o2)c1. The van der Waals surface area contributed by atoms with Gasteiger partial charge in [-0.05, 0) is 54.3 Å². The minimum atomic E-state index is 0.426. The summed E-state index contributed by atoms with van der Waals surface area (Å²) in [5.41, 5.74) is 5.25. The zero-order chi connectivity index (χ0) is 21.8. The van der Waals surface area contributed by atoms with Gasteiger partial charge in [0.1, 0.15) is 11.5 Å². The highest BCUT2D eigenvalue weighted by molar-refractivity contribution is 5.74. The molecule has 0 atom stereocenters. The second kappa shape index (κ2) is 9.06. The Bertz CT molecular complexity index is 1220. The molecule has 0 saturated carbocycles. The molecule has 2 N–H and O–H groups in total. The molecule has 5 rings (SSSR count). The van der Waals surface area contributed by atoms with Gasteiger partial charge in [0.15, 0.2) is 5.76 Å². The molecule has 4 aromatic rings. The predicted octanol–water partition coefficient (Wildman–Crippen LogP) is 6.03. The Hall–Kier alpha value is -3.93. The third kappa shape index (κ3) is 4.39. The largest absolute Gasteiger partial charge is 0.497 e. The van der Waals surface area contributed by atoms with E-state index in [0.29, 0.717) is 18.3 Å². The average Bonchev–Trinajstić information content (AvgIpc) is 3.31. The van der Waals surface area contributed by atoms with Crippen LogP contribution in [0.25, 0.3) is 11.3 Å². The molecule has 0 fully saturated rings. The van der Waals surface area contributed by atoms with E-state index in [2.05, 4.69) is 33.8 Å². The highest BCUT2D eigenvalue weighted by atomic mass is 16.5. The number of ether oxygens (including phenoxy) is 2.